The molecule has 0 amide bonds. The number of benzene rings is 1. The first kappa shape index (κ1) is 14.3. The highest BCUT2D eigenvalue weighted by Crippen LogP contribution is 2.28. The lowest BCUT2D eigenvalue weighted by atomic mass is 9.99. The Morgan fingerprint density at radius 3 is 2.71 bits per heavy atom. The SMILES string of the molecule is CN1CCN(c2nc3ccccc3cc2CN)CC1(C)C. The van der Waals surface area contributed by atoms with Crippen LogP contribution in [0.2, 0.25) is 0 Å². The molecular formula is C17H24N4. The monoisotopic (exact) mass is 284 g/mol. The molecule has 1 aromatic carbocycles. The van der Waals surface area contributed by atoms with Crippen LogP contribution in [-0.2, 0) is 6.54 Å². The zero-order chi connectivity index (χ0) is 15.0. The van der Waals surface area contributed by atoms with Gasteiger partial charge in [-0.1, -0.05) is 18.2 Å². The first-order valence-electron chi connectivity index (χ1n) is 7.56. The number of rotatable bonds is 2. The molecule has 0 spiro atoms. The summed E-state index contributed by atoms with van der Waals surface area (Å²) in [7, 11) is 2.19. The maximum absolute atomic E-state index is 5.97. The second-order valence-corrected chi connectivity index (χ2v) is 6.52. The molecule has 0 aliphatic carbocycles. The number of likely N-dealkylation sites (N-methyl/N-ethyl adjacent to an activating group) is 1. The number of nitrogens with two attached hydrogens (primary N) is 1. The van der Waals surface area contributed by atoms with Gasteiger partial charge in [-0.15, -0.1) is 0 Å². The molecule has 2 N–H and O–H groups in total. The van der Waals surface area contributed by atoms with Crippen molar-refractivity contribution in [1.82, 2.24) is 9.88 Å². The van der Waals surface area contributed by atoms with Crippen molar-refractivity contribution in [3.63, 3.8) is 0 Å². The van der Waals surface area contributed by atoms with Crippen molar-refractivity contribution >= 4 is 16.7 Å². The molecule has 112 valence electrons. The molecule has 1 fully saturated rings. The van der Waals surface area contributed by atoms with Crippen LogP contribution < -0.4 is 10.6 Å². The van der Waals surface area contributed by atoms with E-state index < -0.39 is 0 Å². The number of hydrogen-bond donors (Lipinski definition) is 1. The lowest BCUT2D eigenvalue weighted by Gasteiger charge is -2.46. The van der Waals surface area contributed by atoms with Crippen molar-refractivity contribution in [3.8, 4) is 0 Å². The molecule has 1 saturated heterocycles. The van der Waals surface area contributed by atoms with Crippen molar-refractivity contribution in [1.29, 1.82) is 0 Å². The third-order valence-electron chi connectivity index (χ3n) is 4.62. The van der Waals surface area contributed by atoms with Gasteiger partial charge >= 0.3 is 0 Å². The zero-order valence-corrected chi connectivity index (χ0v) is 13.1. The minimum atomic E-state index is 0.150. The Labute approximate surface area is 126 Å². The van der Waals surface area contributed by atoms with E-state index >= 15 is 0 Å². The van der Waals surface area contributed by atoms with E-state index in [1.807, 2.05) is 12.1 Å². The number of anilines is 1. The minimum absolute atomic E-state index is 0.150. The van der Waals surface area contributed by atoms with Crippen molar-refractivity contribution in [2.45, 2.75) is 25.9 Å². The number of aromatic nitrogens is 1. The molecule has 1 aromatic heterocycles. The van der Waals surface area contributed by atoms with Crippen LogP contribution in [0.5, 0.6) is 0 Å². The van der Waals surface area contributed by atoms with Crippen molar-refractivity contribution in [2.75, 3.05) is 31.6 Å². The molecule has 1 aliphatic rings. The van der Waals surface area contributed by atoms with Gasteiger partial charge in [-0.05, 0) is 33.0 Å². The molecule has 3 rings (SSSR count). The zero-order valence-electron chi connectivity index (χ0n) is 13.1. The van der Waals surface area contributed by atoms with E-state index in [1.54, 1.807) is 0 Å². The fourth-order valence-corrected chi connectivity index (χ4v) is 2.99. The molecular weight excluding hydrogens is 260 g/mol. The molecule has 0 bridgehead atoms. The summed E-state index contributed by atoms with van der Waals surface area (Å²) >= 11 is 0. The smallest absolute Gasteiger partial charge is 0.133 e. The van der Waals surface area contributed by atoms with Gasteiger partial charge in [0, 0.05) is 42.7 Å². The number of hydrogen-bond acceptors (Lipinski definition) is 4. The van der Waals surface area contributed by atoms with Gasteiger partial charge in [0.05, 0.1) is 5.52 Å². The Balaban J connectivity index is 2.03. The molecule has 0 radical (unpaired) electrons. The minimum Gasteiger partial charge on any atom is -0.353 e. The molecule has 4 nitrogen and oxygen atoms in total. The number of piperazine rings is 1. The quantitative estimate of drug-likeness (QED) is 0.918. The first-order valence-corrected chi connectivity index (χ1v) is 7.56. The van der Waals surface area contributed by atoms with E-state index in [0.717, 1.165) is 41.9 Å². The lowest BCUT2D eigenvalue weighted by molar-refractivity contribution is 0.138. The third-order valence-corrected chi connectivity index (χ3v) is 4.62. The largest absolute Gasteiger partial charge is 0.353 e. The molecule has 2 heterocycles. The average molecular weight is 284 g/mol. The van der Waals surface area contributed by atoms with Crippen molar-refractivity contribution in [3.05, 3.63) is 35.9 Å². The molecule has 2 aromatic rings. The Morgan fingerprint density at radius 2 is 2.00 bits per heavy atom. The van der Waals surface area contributed by atoms with E-state index in [-0.39, 0.29) is 5.54 Å². The summed E-state index contributed by atoms with van der Waals surface area (Å²) < 4.78 is 0. The number of pyridine rings is 1. The van der Waals surface area contributed by atoms with Gasteiger partial charge in [0.1, 0.15) is 5.82 Å². The molecule has 0 atom stereocenters. The molecule has 0 unspecified atom stereocenters. The van der Waals surface area contributed by atoms with Gasteiger partial charge in [0.2, 0.25) is 0 Å². The summed E-state index contributed by atoms with van der Waals surface area (Å²) in [6, 6.07) is 10.4. The van der Waals surface area contributed by atoms with Crippen molar-refractivity contribution < 1.29 is 0 Å². The summed E-state index contributed by atoms with van der Waals surface area (Å²) in [4.78, 5) is 9.68. The van der Waals surface area contributed by atoms with Crippen molar-refractivity contribution in [2.24, 2.45) is 5.73 Å². The molecule has 4 heteroatoms. The second kappa shape index (κ2) is 5.28. The van der Waals surface area contributed by atoms with E-state index in [9.17, 15) is 0 Å². The summed E-state index contributed by atoms with van der Waals surface area (Å²) in [5.74, 6) is 1.05. The average Bonchev–Trinajstić information content (AvgIpc) is 2.48. The molecule has 21 heavy (non-hydrogen) atoms. The standard InChI is InChI=1S/C17H24N4/c1-17(2)12-21(9-8-20(17)3)16-14(11-18)10-13-6-4-5-7-15(13)19-16/h4-7,10H,8-9,11-12,18H2,1-3H3. The third kappa shape index (κ3) is 2.61. The fraction of sp³-hybridized carbons (Fsp3) is 0.471. The molecule has 0 saturated carbocycles. The van der Waals surface area contributed by atoms with Gasteiger partial charge in [0.25, 0.3) is 0 Å². The topological polar surface area (TPSA) is 45.4 Å². The number of para-hydroxylation sites is 1. The highest BCUT2D eigenvalue weighted by molar-refractivity contribution is 5.81. The maximum Gasteiger partial charge on any atom is 0.133 e. The number of nitrogens with zero attached hydrogens (tertiary/aromatic N) is 3. The predicted molar refractivity (Wildman–Crippen MR) is 88.6 cm³/mol. The highest BCUT2D eigenvalue weighted by atomic mass is 15.3. The van der Waals surface area contributed by atoms with E-state index in [2.05, 4.69) is 48.9 Å². The van der Waals surface area contributed by atoms with E-state index in [1.165, 1.54) is 0 Å². The summed E-state index contributed by atoms with van der Waals surface area (Å²) in [5.41, 5.74) is 8.29. The van der Waals surface area contributed by atoms with Crippen LogP contribution in [0.1, 0.15) is 19.4 Å². The second-order valence-electron chi connectivity index (χ2n) is 6.52. The van der Waals surface area contributed by atoms with Crippen LogP contribution in [0.25, 0.3) is 10.9 Å². The Kier molecular flexibility index (Phi) is 3.59. The maximum atomic E-state index is 5.97. The van der Waals surface area contributed by atoms with Gasteiger partial charge in [-0.2, -0.15) is 0 Å². The van der Waals surface area contributed by atoms with Crippen LogP contribution in [-0.4, -0.2) is 42.1 Å². The highest BCUT2D eigenvalue weighted by Gasteiger charge is 2.32. The van der Waals surface area contributed by atoms with Gasteiger partial charge in [0.15, 0.2) is 0 Å². The number of fused-ring (bicyclic) bond motifs is 1. The Bertz CT molecular complexity index is 650. The first-order chi connectivity index (χ1) is 10.0. The van der Waals surface area contributed by atoms with Gasteiger partial charge in [-0.25, -0.2) is 4.98 Å². The summed E-state index contributed by atoms with van der Waals surface area (Å²) in [5, 5.41) is 1.16. The van der Waals surface area contributed by atoms with Crippen LogP contribution >= 0.6 is 0 Å². The predicted octanol–water partition coefficient (Wildman–Crippen LogP) is 2.22. The van der Waals surface area contributed by atoms with Gasteiger partial charge < -0.3 is 10.6 Å². The van der Waals surface area contributed by atoms with E-state index in [4.69, 9.17) is 10.7 Å². The van der Waals surface area contributed by atoms with Crippen LogP contribution in [0.3, 0.4) is 0 Å². The van der Waals surface area contributed by atoms with Crippen LogP contribution in [0, 0.1) is 0 Å². The summed E-state index contributed by atoms with van der Waals surface area (Å²) in [6.07, 6.45) is 0. The van der Waals surface area contributed by atoms with E-state index in [0.29, 0.717) is 6.54 Å². The van der Waals surface area contributed by atoms with Gasteiger partial charge in [-0.3, -0.25) is 4.90 Å². The normalized spacial score (nSPS) is 19.1. The lowest BCUT2D eigenvalue weighted by Crippen LogP contribution is -2.58. The Hall–Kier alpha value is -1.65. The molecule has 1 aliphatic heterocycles. The fourth-order valence-electron chi connectivity index (χ4n) is 2.99. The van der Waals surface area contributed by atoms with Crippen LogP contribution in [0.4, 0.5) is 5.82 Å². The summed E-state index contributed by atoms with van der Waals surface area (Å²) in [6.45, 7) is 8.11. The Morgan fingerprint density at radius 1 is 1.24 bits per heavy atom. The van der Waals surface area contributed by atoms with Crippen LogP contribution in [0.15, 0.2) is 30.3 Å².